The van der Waals surface area contributed by atoms with Crippen LogP contribution in [-0.4, -0.2) is 31.8 Å². The Bertz CT molecular complexity index is 690. The van der Waals surface area contributed by atoms with E-state index in [1.54, 1.807) is 7.05 Å². The molecule has 2 aromatic rings. The number of rotatable bonds is 4. The SMILES string of the molecule is Cc1cc(CC(C)NC(=O)Nc2nccn(C)c2=O)n[nH]1. The number of hydrogen-bond donors (Lipinski definition) is 3. The van der Waals surface area contributed by atoms with Crippen molar-refractivity contribution in [3.05, 3.63) is 40.2 Å². The minimum absolute atomic E-state index is 0.000291. The summed E-state index contributed by atoms with van der Waals surface area (Å²) >= 11 is 0. The highest BCUT2D eigenvalue weighted by Gasteiger charge is 2.12. The molecule has 2 amide bonds. The topological polar surface area (TPSA) is 105 Å². The van der Waals surface area contributed by atoms with Crippen molar-refractivity contribution in [3.63, 3.8) is 0 Å². The van der Waals surface area contributed by atoms with Gasteiger partial charge in [-0.2, -0.15) is 5.10 Å². The third-order valence-corrected chi connectivity index (χ3v) is 2.90. The van der Waals surface area contributed by atoms with Crippen LogP contribution in [0.3, 0.4) is 0 Å². The van der Waals surface area contributed by atoms with Crippen LogP contribution in [0.15, 0.2) is 23.3 Å². The molecule has 1 atom stereocenters. The van der Waals surface area contributed by atoms with E-state index in [9.17, 15) is 9.59 Å². The number of amides is 2. The van der Waals surface area contributed by atoms with Crippen LogP contribution >= 0.6 is 0 Å². The van der Waals surface area contributed by atoms with Gasteiger partial charge in [-0.1, -0.05) is 0 Å². The average Bonchev–Trinajstić information content (AvgIpc) is 2.80. The van der Waals surface area contributed by atoms with Crippen molar-refractivity contribution >= 4 is 11.8 Å². The van der Waals surface area contributed by atoms with E-state index >= 15 is 0 Å². The van der Waals surface area contributed by atoms with Gasteiger partial charge in [0.1, 0.15) is 0 Å². The normalized spacial score (nSPS) is 12.0. The zero-order chi connectivity index (χ0) is 15.4. The van der Waals surface area contributed by atoms with Crippen molar-refractivity contribution in [1.82, 2.24) is 25.1 Å². The van der Waals surface area contributed by atoms with Gasteiger partial charge in [-0.25, -0.2) is 9.78 Å². The zero-order valence-electron chi connectivity index (χ0n) is 12.2. The van der Waals surface area contributed by atoms with Gasteiger partial charge in [-0.15, -0.1) is 0 Å². The summed E-state index contributed by atoms with van der Waals surface area (Å²) < 4.78 is 1.35. The first kappa shape index (κ1) is 14.8. The molecule has 0 aliphatic rings. The highest BCUT2D eigenvalue weighted by atomic mass is 16.2. The Labute approximate surface area is 121 Å². The van der Waals surface area contributed by atoms with Crippen LogP contribution in [0.4, 0.5) is 10.6 Å². The monoisotopic (exact) mass is 290 g/mol. The van der Waals surface area contributed by atoms with Gasteiger partial charge in [0, 0.05) is 37.6 Å². The number of nitrogens with zero attached hydrogens (tertiary/aromatic N) is 3. The molecule has 112 valence electrons. The Morgan fingerprint density at radius 1 is 1.52 bits per heavy atom. The molecule has 2 aromatic heterocycles. The average molecular weight is 290 g/mol. The lowest BCUT2D eigenvalue weighted by Crippen LogP contribution is -2.39. The second-order valence-corrected chi connectivity index (χ2v) is 4.94. The molecule has 8 nitrogen and oxygen atoms in total. The van der Waals surface area contributed by atoms with E-state index in [4.69, 9.17) is 0 Å². The van der Waals surface area contributed by atoms with Crippen molar-refractivity contribution in [1.29, 1.82) is 0 Å². The second-order valence-electron chi connectivity index (χ2n) is 4.94. The van der Waals surface area contributed by atoms with Gasteiger partial charge in [-0.3, -0.25) is 15.2 Å². The number of carbonyl (C=O) groups excluding carboxylic acids is 1. The molecule has 2 heterocycles. The fourth-order valence-electron chi connectivity index (χ4n) is 1.89. The summed E-state index contributed by atoms with van der Waals surface area (Å²) in [5, 5.41) is 12.1. The second kappa shape index (κ2) is 6.21. The van der Waals surface area contributed by atoms with E-state index in [1.807, 2.05) is 19.9 Å². The number of anilines is 1. The highest BCUT2D eigenvalue weighted by molar-refractivity contribution is 5.88. The van der Waals surface area contributed by atoms with Crippen LogP contribution < -0.4 is 16.2 Å². The molecular weight excluding hydrogens is 272 g/mol. The first-order valence-corrected chi connectivity index (χ1v) is 6.55. The summed E-state index contributed by atoms with van der Waals surface area (Å²) in [6.45, 7) is 3.78. The number of hydrogen-bond acceptors (Lipinski definition) is 4. The Kier molecular flexibility index (Phi) is 4.36. The molecule has 1 unspecified atom stereocenters. The maximum absolute atomic E-state index is 11.8. The lowest BCUT2D eigenvalue weighted by molar-refractivity contribution is 0.249. The number of aromatic amines is 1. The molecule has 8 heteroatoms. The van der Waals surface area contributed by atoms with Crippen molar-refractivity contribution in [2.24, 2.45) is 7.05 Å². The van der Waals surface area contributed by atoms with Crippen LogP contribution in [0.5, 0.6) is 0 Å². The third-order valence-electron chi connectivity index (χ3n) is 2.90. The Balaban J connectivity index is 1.92. The molecule has 3 N–H and O–H groups in total. The largest absolute Gasteiger partial charge is 0.335 e. The van der Waals surface area contributed by atoms with Crippen LogP contribution in [0.1, 0.15) is 18.3 Å². The predicted molar refractivity (Wildman–Crippen MR) is 78.1 cm³/mol. The summed E-state index contributed by atoms with van der Waals surface area (Å²) in [4.78, 5) is 27.4. The first-order valence-electron chi connectivity index (χ1n) is 6.55. The standard InChI is InChI=1S/C13H18N6O2/c1-8(6-10-7-9(2)17-18-10)15-13(21)16-11-12(20)19(3)5-4-14-11/h4-5,7-8H,6H2,1-3H3,(H,17,18)(H2,14,15,16,21). The zero-order valence-corrected chi connectivity index (χ0v) is 12.2. The molecule has 0 aliphatic carbocycles. The molecule has 2 rings (SSSR count). The Morgan fingerprint density at radius 3 is 2.95 bits per heavy atom. The van der Waals surface area contributed by atoms with Crippen LogP contribution in [-0.2, 0) is 13.5 Å². The lowest BCUT2D eigenvalue weighted by atomic mass is 10.2. The van der Waals surface area contributed by atoms with Crippen molar-refractivity contribution in [2.45, 2.75) is 26.3 Å². The summed E-state index contributed by atoms with van der Waals surface area (Å²) in [6, 6.07) is 1.33. The number of aryl methyl sites for hydroxylation is 2. The van der Waals surface area contributed by atoms with Crippen molar-refractivity contribution in [2.75, 3.05) is 5.32 Å². The Hall–Kier alpha value is -2.64. The van der Waals surface area contributed by atoms with Crippen molar-refractivity contribution < 1.29 is 4.79 Å². The quantitative estimate of drug-likeness (QED) is 0.765. The predicted octanol–water partition coefficient (Wildman–Crippen LogP) is 0.565. The molecule has 0 aromatic carbocycles. The maximum atomic E-state index is 11.8. The highest BCUT2D eigenvalue weighted by Crippen LogP contribution is 2.02. The van der Waals surface area contributed by atoms with Crippen LogP contribution in [0, 0.1) is 6.92 Å². The number of urea groups is 1. The van der Waals surface area contributed by atoms with Gasteiger partial charge in [0.25, 0.3) is 5.56 Å². The van der Waals surface area contributed by atoms with Gasteiger partial charge in [0.2, 0.25) is 5.82 Å². The molecule has 0 spiro atoms. The molecule has 0 saturated heterocycles. The fourth-order valence-corrected chi connectivity index (χ4v) is 1.89. The fraction of sp³-hybridized carbons (Fsp3) is 0.385. The van der Waals surface area contributed by atoms with Gasteiger partial charge in [0.15, 0.2) is 0 Å². The van der Waals surface area contributed by atoms with E-state index in [0.29, 0.717) is 6.42 Å². The maximum Gasteiger partial charge on any atom is 0.320 e. The summed E-state index contributed by atoms with van der Waals surface area (Å²) in [7, 11) is 1.59. The Morgan fingerprint density at radius 2 is 2.29 bits per heavy atom. The van der Waals surface area contributed by atoms with Gasteiger partial charge in [-0.05, 0) is 19.9 Å². The van der Waals surface area contributed by atoms with Crippen LogP contribution in [0.25, 0.3) is 0 Å². The number of H-pyrrole nitrogens is 1. The number of aromatic nitrogens is 4. The van der Waals surface area contributed by atoms with E-state index in [0.717, 1.165) is 11.4 Å². The van der Waals surface area contributed by atoms with E-state index < -0.39 is 6.03 Å². The van der Waals surface area contributed by atoms with Gasteiger partial charge in [0.05, 0.1) is 5.69 Å². The third kappa shape index (κ3) is 3.91. The smallest absolute Gasteiger partial charge is 0.320 e. The molecular formula is C13H18N6O2. The van der Waals surface area contributed by atoms with Crippen molar-refractivity contribution in [3.8, 4) is 0 Å². The van der Waals surface area contributed by atoms with Gasteiger partial charge >= 0.3 is 6.03 Å². The minimum atomic E-state index is -0.467. The number of carbonyl (C=O) groups is 1. The minimum Gasteiger partial charge on any atom is -0.335 e. The summed E-state index contributed by atoms with van der Waals surface area (Å²) in [5.74, 6) is 0.000291. The summed E-state index contributed by atoms with van der Waals surface area (Å²) in [6.07, 6.45) is 3.57. The molecule has 21 heavy (non-hydrogen) atoms. The summed E-state index contributed by atoms with van der Waals surface area (Å²) in [5.41, 5.74) is 1.48. The first-order chi connectivity index (χ1) is 9.95. The molecule has 0 fully saturated rings. The van der Waals surface area contributed by atoms with E-state index in [-0.39, 0.29) is 17.4 Å². The van der Waals surface area contributed by atoms with Crippen LogP contribution in [0.2, 0.25) is 0 Å². The molecule has 0 bridgehead atoms. The molecule has 0 saturated carbocycles. The van der Waals surface area contributed by atoms with Gasteiger partial charge < -0.3 is 9.88 Å². The van der Waals surface area contributed by atoms with E-state index in [1.165, 1.54) is 17.0 Å². The molecule has 0 aliphatic heterocycles. The van der Waals surface area contributed by atoms with E-state index in [2.05, 4.69) is 25.8 Å². The lowest BCUT2D eigenvalue weighted by Gasteiger charge is -2.13. The number of nitrogens with one attached hydrogen (secondary N) is 3. The molecule has 0 radical (unpaired) electrons.